The first-order chi connectivity index (χ1) is 12.0. The number of fused-ring (bicyclic) bond motifs is 1. The summed E-state index contributed by atoms with van der Waals surface area (Å²) in [5.41, 5.74) is 1.58. The fourth-order valence-electron chi connectivity index (χ4n) is 2.61. The smallest absolute Gasteiger partial charge is 0.335 e. The molecule has 126 valence electrons. The number of carbonyl (C=O) groups is 3. The number of hydrogen-bond donors (Lipinski definition) is 0. The van der Waals surface area contributed by atoms with Crippen molar-refractivity contribution in [1.29, 1.82) is 0 Å². The maximum Gasteiger partial charge on any atom is 0.335 e. The summed E-state index contributed by atoms with van der Waals surface area (Å²) >= 11 is 5.86. The summed E-state index contributed by atoms with van der Waals surface area (Å²) in [5, 5.41) is 0.567. The number of ether oxygens (including phenoxy) is 1. The molecule has 2 aromatic rings. The number of hydrogen-bond acceptors (Lipinski definition) is 4. The highest BCUT2D eigenvalue weighted by molar-refractivity contribution is 6.30. The third kappa shape index (κ3) is 3.32. The van der Waals surface area contributed by atoms with Crippen molar-refractivity contribution in [2.45, 2.75) is 0 Å². The number of nitrogens with zero attached hydrogens (tertiary/aromatic N) is 1. The largest absolute Gasteiger partial charge is 0.466 e. The van der Waals surface area contributed by atoms with E-state index in [1.165, 1.54) is 7.11 Å². The Morgan fingerprint density at radius 2 is 1.60 bits per heavy atom. The van der Waals surface area contributed by atoms with Gasteiger partial charge in [0.25, 0.3) is 11.8 Å². The lowest BCUT2D eigenvalue weighted by Gasteiger charge is -2.15. The van der Waals surface area contributed by atoms with Gasteiger partial charge in [0.05, 0.1) is 30.4 Å². The second kappa shape index (κ2) is 6.91. The zero-order valence-electron chi connectivity index (χ0n) is 13.4. The van der Waals surface area contributed by atoms with Gasteiger partial charge in [0.2, 0.25) is 0 Å². The summed E-state index contributed by atoms with van der Waals surface area (Å²) in [6.45, 7) is -0.165. The van der Waals surface area contributed by atoms with Crippen LogP contribution in [0.3, 0.4) is 0 Å². The Balaban J connectivity index is 1.92. The Labute approximate surface area is 149 Å². The lowest BCUT2D eigenvalue weighted by molar-refractivity contribution is -0.136. The topological polar surface area (TPSA) is 63.7 Å². The quantitative estimate of drug-likeness (QED) is 0.480. The highest BCUT2D eigenvalue weighted by Crippen LogP contribution is 2.24. The summed E-state index contributed by atoms with van der Waals surface area (Å²) in [6.07, 6.45) is 1.58. The third-order valence-corrected chi connectivity index (χ3v) is 4.12. The molecule has 0 N–H and O–H groups in total. The third-order valence-electron chi connectivity index (χ3n) is 3.87. The van der Waals surface area contributed by atoms with Crippen LogP contribution in [0.15, 0.2) is 54.1 Å². The molecule has 0 saturated heterocycles. The molecule has 5 nitrogen and oxygen atoms in total. The minimum absolute atomic E-state index is 0.165. The molecule has 0 aromatic heterocycles. The number of rotatable bonds is 4. The van der Waals surface area contributed by atoms with Crippen LogP contribution in [0.1, 0.15) is 26.3 Å². The number of amides is 2. The number of methoxy groups -OCH3 is 1. The molecule has 0 bridgehead atoms. The second-order valence-electron chi connectivity index (χ2n) is 5.45. The number of carbonyl (C=O) groups excluding carboxylic acids is 3. The standard InChI is InChI=1S/C19H14ClNO4/c1-25-19(24)13(10-12-6-8-14(20)9-7-12)11-21-17(22)15-4-2-3-5-16(15)18(21)23/h2-10H,11H2,1H3/b13-10-. The zero-order valence-corrected chi connectivity index (χ0v) is 14.1. The van der Waals surface area contributed by atoms with E-state index in [0.29, 0.717) is 21.7 Å². The van der Waals surface area contributed by atoms with Gasteiger partial charge in [-0.05, 0) is 35.9 Å². The predicted octanol–water partition coefficient (Wildman–Crippen LogP) is 3.19. The molecule has 3 rings (SSSR count). The molecule has 0 radical (unpaired) electrons. The summed E-state index contributed by atoms with van der Waals surface area (Å²) in [4.78, 5) is 38.1. The normalized spacial score (nSPS) is 13.8. The van der Waals surface area contributed by atoms with Gasteiger partial charge in [-0.25, -0.2) is 4.79 Å². The number of esters is 1. The van der Waals surface area contributed by atoms with E-state index in [0.717, 1.165) is 4.90 Å². The minimum Gasteiger partial charge on any atom is -0.466 e. The van der Waals surface area contributed by atoms with Crippen molar-refractivity contribution >= 4 is 35.5 Å². The summed E-state index contributed by atoms with van der Waals surface area (Å²) in [5.74, 6) is -1.45. The molecule has 2 amide bonds. The van der Waals surface area contributed by atoms with Gasteiger partial charge in [0, 0.05) is 5.02 Å². The van der Waals surface area contributed by atoms with Gasteiger partial charge in [-0.2, -0.15) is 0 Å². The fraction of sp³-hybridized carbons (Fsp3) is 0.105. The molecule has 1 heterocycles. The number of imide groups is 1. The Morgan fingerprint density at radius 3 is 2.12 bits per heavy atom. The van der Waals surface area contributed by atoms with Crippen LogP contribution in [0.2, 0.25) is 5.02 Å². The lowest BCUT2D eigenvalue weighted by Crippen LogP contribution is -2.33. The summed E-state index contributed by atoms with van der Waals surface area (Å²) < 4.78 is 4.78. The molecule has 0 fully saturated rings. The molecular weight excluding hydrogens is 342 g/mol. The Morgan fingerprint density at radius 1 is 1.04 bits per heavy atom. The van der Waals surface area contributed by atoms with Gasteiger partial charge in [0.1, 0.15) is 0 Å². The molecule has 0 unspecified atom stereocenters. The van der Waals surface area contributed by atoms with Crippen LogP contribution < -0.4 is 0 Å². The lowest BCUT2D eigenvalue weighted by atomic mass is 10.1. The molecule has 2 aromatic carbocycles. The first-order valence-corrected chi connectivity index (χ1v) is 7.88. The second-order valence-corrected chi connectivity index (χ2v) is 5.89. The van der Waals surface area contributed by atoms with E-state index < -0.39 is 17.8 Å². The van der Waals surface area contributed by atoms with Crippen LogP contribution >= 0.6 is 11.6 Å². The van der Waals surface area contributed by atoms with Crippen LogP contribution in [0.25, 0.3) is 6.08 Å². The zero-order chi connectivity index (χ0) is 18.0. The van der Waals surface area contributed by atoms with Crippen molar-refractivity contribution in [2.24, 2.45) is 0 Å². The van der Waals surface area contributed by atoms with Crippen LogP contribution in [-0.2, 0) is 9.53 Å². The minimum atomic E-state index is -0.605. The van der Waals surface area contributed by atoms with Gasteiger partial charge < -0.3 is 4.74 Å². The molecule has 0 atom stereocenters. The van der Waals surface area contributed by atoms with Crippen molar-refractivity contribution in [3.63, 3.8) is 0 Å². The molecule has 6 heteroatoms. The molecule has 1 aliphatic heterocycles. The Bertz CT molecular complexity index is 852. The van der Waals surface area contributed by atoms with Crippen molar-refractivity contribution in [3.8, 4) is 0 Å². The predicted molar refractivity (Wildman–Crippen MR) is 93.3 cm³/mol. The van der Waals surface area contributed by atoms with Crippen LogP contribution in [0, 0.1) is 0 Å². The molecule has 0 saturated carbocycles. The average molecular weight is 356 g/mol. The van der Waals surface area contributed by atoms with Gasteiger partial charge in [-0.1, -0.05) is 35.9 Å². The molecule has 1 aliphatic rings. The van der Waals surface area contributed by atoms with E-state index >= 15 is 0 Å². The van der Waals surface area contributed by atoms with E-state index in [2.05, 4.69) is 0 Å². The van der Waals surface area contributed by atoms with Crippen molar-refractivity contribution in [2.75, 3.05) is 13.7 Å². The molecule has 0 spiro atoms. The fourth-order valence-corrected chi connectivity index (χ4v) is 2.74. The Kier molecular flexibility index (Phi) is 4.67. The van der Waals surface area contributed by atoms with E-state index in [1.807, 2.05) is 0 Å². The molecular formula is C19H14ClNO4. The molecule has 0 aliphatic carbocycles. The van der Waals surface area contributed by atoms with E-state index in [4.69, 9.17) is 16.3 Å². The van der Waals surface area contributed by atoms with Crippen LogP contribution in [-0.4, -0.2) is 36.3 Å². The summed E-state index contributed by atoms with van der Waals surface area (Å²) in [6, 6.07) is 13.4. The number of halogens is 1. The summed E-state index contributed by atoms with van der Waals surface area (Å²) in [7, 11) is 1.25. The van der Waals surface area contributed by atoms with Crippen molar-refractivity contribution in [3.05, 3.63) is 75.8 Å². The highest BCUT2D eigenvalue weighted by Gasteiger charge is 2.36. The van der Waals surface area contributed by atoms with Gasteiger partial charge >= 0.3 is 5.97 Å². The van der Waals surface area contributed by atoms with E-state index in [-0.39, 0.29) is 12.1 Å². The number of benzene rings is 2. The first-order valence-electron chi connectivity index (χ1n) is 7.51. The van der Waals surface area contributed by atoms with Crippen LogP contribution in [0.4, 0.5) is 0 Å². The van der Waals surface area contributed by atoms with Gasteiger partial charge in [-0.3, -0.25) is 14.5 Å². The van der Waals surface area contributed by atoms with Crippen molar-refractivity contribution < 1.29 is 19.1 Å². The Hall–Kier alpha value is -2.92. The van der Waals surface area contributed by atoms with Crippen molar-refractivity contribution in [1.82, 2.24) is 4.90 Å². The average Bonchev–Trinajstić information content (AvgIpc) is 2.87. The van der Waals surface area contributed by atoms with Gasteiger partial charge in [-0.15, -0.1) is 0 Å². The first kappa shape index (κ1) is 16.9. The van der Waals surface area contributed by atoms with E-state index in [9.17, 15) is 14.4 Å². The highest BCUT2D eigenvalue weighted by atomic mass is 35.5. The van der Waals surface area contributed by atoms with E-state index in [1.54, 1.807) is 54.6 Å². The maximum absolute atomic E-state index is 12.5. The maximum atomic E-state index is 12.5. The SMILES string of the molecule is COC(=O)/C(=C\c1ccc(Cl)cc1)CN1C(=O)c2ccccc2C1=O. The van der Waals surface area contributed by atoms with Gasteiger partial charge in [0.15, 0.2) is 0 Å². The van der Waals surface area contributed by atoms with Crippen LogP contribution in [0.5, 0.6) is 0 Å². The molecule has 25 heavy (non-hydrogen) atoms. The monoisotopic (exact) mass is 355 g/mol.